The van der Waals surface area contributed by atoms with Gasteiger partial charge in [0.2, 0.25) is 0 Å². The molecule has 5 nitrogen and oxygen atoms in total. The van der Waals surface area contributed by atoms with E-state index in [0.29, 0.717) is 29.0 Å². The van der Waals surface area contributed by atoms with Crippen molar-refractivity contribution in [3.8, 4) is 11.4 Å². The van der Waals surface area contributed by atoms with E-state index in [-0.39, 0.29) is 22.6 Å². The molecule has 4 rings (SSSR count). The van der Waals surface area contributed by atoms with Crippen LogP contribution in [0.25, 0.3) is 22.4 Å². The number of anilines is 2. The van der Waals surface area contributed by atoms with Crippen LogP contribution < -0.4 is 10.6 Å². The Morgan fingerprint density at radius 2 is 1.51 bits per heavy atom. The Morgan fingerprint density at radius 1 is 0.811 bits per heavy atom. The summed E-state index contributed by atoms with van der Waals surface area (Å²) in [6.07, 6.45) is -7.83. The van der Waals surface area contributed by atoms with Crippen LogP contribution in [0.2, 0.25) is 0 Å². The molecular weight excluding hydrogens is 496 g/mol. The zero-order valence-corrected chi connectivity index (χ0v) is 20.1. The first-order valence-electron chi connectivity index (χ1n) is 11.2. The van der Waals surface area contributed by atoms with Gasteiger partial charge in [-0.1, -0.05) is 0 Å². The Labute approximate surface area is 209 Å². The first-order valence-corrected chi connectivity index (χ1v) is 11.2. The molecule has 3 aromatic heterocycles. The summed E-state index contributed by atoms with van der Waals surface area (Å²) in [5.74, 6) is 0. The number of rotatable bonds is 5. The number of nitrogens with one attached hydrogen (secondary N) is 2. The predicted octanol–water partition coefficient (Wildman–Crippen LogP) is 7.36. The summed E-state index contributed by atoms with van der Waals surface area (Å²) in [6, 6.07) is 11.4. The van der Waals surface area contributed by atoms with Crippen molar-refractivity contribution in [2.75, 3.05) is 5.32 Å². The van der Waals surface area contributed by atoms with Gasteiger partial charge in [0.1, 0.15) is 5.69 Å². The molecule has 37 heavy (non-hydrogen) atoms. The number of alkyl halides is 6. The molecule has 0 unspecified atom stereocenters. The van der Waals surface area contributed by atoms with E-state index in [2.05, 4.69) is 25.6 Å². The number of pyridine rings is 3. The van der Waals surface area contributed by atoms with E-state index in [1.165, 1.54) is 30.5 Å². The second-order valence-electron chi connectivity index (χ2n) is 9.43. The first-order chi connectivity index (χ1) is 17.2. The summed E-state index contributed by atoms with van der Waals surface area (Å²) in [6.45, 7) is 6.22. The lowest BCUT2D eigenvalue weighted by Gasteiger charge is -2.21. The number of nitrogens with zero attached hydrogens (tertiary/aromatic N) is 3. The van der Waals surface area contributed by atoms with E-state index >= 15 is 0 Å². The van der Waals surface area contributed by atoms with Gasteiger partial charge < -0.3 is 10.6 Å². The minimum Gasteiger partial charge on any atom is -0.355 e. The van der Waals surface area contributed by atoms with Gasteiger partial charge in [-0.25, -0.2) is 9.97 Å². The average Bonchev–Trinajstić information content (AvgIpc) is 2.81. The van der Waals surface area contributed by atoms with Gasteiger partial charge in [-0.15, -0.1) is 0 Å². The van der Waals surface area contributed by atoms with Crippen molar-refractivity contribution in [3.63, 3.8) is 0 Å². The van der Waals surface area contributed by atoms with Crippen molar-refractivity contribution >= 4 is 22.4 Å². The number of fused-ring (bicyclic) bond motifs is 1. The summed E-state index contributed by atoms with van der Waals surface area (Å²) in [5.41, 5.74) is -0.691. The predicted molar refractivity (Wildman–Crippen MR) is 129 cm³/mol. The zero-order chi connectivity index (χ0) is 27.0. The van der Waals surface area contributed by atoms with Crippen LogP contribution >= 0.6 is 0 Å². The van der Waals surface area contributed by atoms with Crippen LogP contribution in [-0.4, -0.2) is 20.5 Å². The van der Waals surface area contributed by atoms with Gasteiger partial charge in [-0.2, -0.15) is 26.3 Å². The topological polar surface area (TPSA) is 62.7 Å². The molecule has 194 valence electrons. The van der Waals surface area contributed by atoms with Crippen LogP contribution in [0.15, 0.2) is 60.8 Å². The van der Waals surface area contributed by atoms with Gasteiger partial charge in [0.25, 0.3) is 0 Å². The highest BCUT2D eigenvalue weighted by molar-refractivity contribution is 5.92. The molecule has 3 heterocycles. The monoisotopic (exact) mass is 519 g/mol. The van der Waals surface area contributed by atoms with Crippen molar-refractivity contribution in [2.45, 2.75) is 45.2 Å². The Kier molecular flexibility index (Phi) is 6.85. The molecule has 0 atom stereocenters. The molecule has 0 aliphatic rings. The number of halogens is 6. The highest BCUT2D eigenvalue weighted by Gasteiger charge is 2.34. The quantitative estimate of drug-likeness (QED) is 0.270. The van der Waals surface area contributed by atoms with Gasteiger partial charge in [0.05, 0.1) is 28.2 Å². The normalized spacial score (nSPS) is 12.7. The molecule has 0 aliphatic carbocycles. The van der Waals surface area contributed by atoms with Gasteiger partial charge in [0, 0.05) is 29.4 Å². The van der Waals surface area contributed by atoms with Gasteiger partial charge >= 0.3 is 12.4 Å². The fraction of sp³-hybridized carbons (Fsp3) is 0.269. The molecule has 1 aromatic carbocycles. The van der Waals surface area contributed by atoms with E-state index < -0.39 is 23.5 Å². The molecule has 0 aliphatic heterocycles. The molecule has 0 saturated carbocycles. The Balaban J connectivity index is 1.80. The van der Waals surface area contributed by atoms with Crippen LogP contribution in [-0.2, 0) is 18.9 Å². The van der Waals surface area contributed by atoms with Gasteiger partial charge in [-0.05, 0) is 75.4 Å². The summed E-state index contributed by atoms with van der Waals surface area (Å²) in [4.78, 5) is 12.8. The highest BCUT2D eigenvalue weighted by Crippen LogP contribution is 2.36. The zero-order valence-electron chi connectivity index (χ0n) is 20.1. The number of hydrogen-bond acceptors (Lipinski definition) is 5. The third-order valence-corrected chi connectivity index (χ3v) is 5.37. The molecule has 0 radical (unpaired) electrons. The van der Waals surface area contributed by atoms with Gasteiger partial charge in [-0.3, -0.25) is 4.98 Å². The van der Waals surface area contributed by atoms with Crippen LogP contribution in [0, 0.1) is 0 Å². The largest absolute Gasteiger partial charge is 0.418 e. The number of aromatic nitrogens is 3. The second kappa shape index (κ2) is 9.62. The lowest BCUT2D eigenvalue weighted by Crippen LogP contribution is -2.35. The smallest absolute Gasteiger partial charge is 0.355 e. The van der Waals surface area contributed by atoms with Crippen LogP contribution in [0.5, 0.6) is 0 Å². The van der Waals surface area contributed by atoms with Crippen molar-refractivity contribution < 1.29 is 26.3 Å². The lowest BCUT2D eigenvalue weighted by molar-refractivity contribution is -0.138. The van der Waals surface area contributed by atoms with Crippen molar-refractivity contribution in [1.29, 1.82) is 0 Å². The number of hydrogen-bond donors (Lipinski definition) is 2. The Bertz CT molecular complexity index is 1410. The SMILES string of the molecule is CC(C)(C)NCc1cc(Nc2ccc(C(F)(F)F)cc2)c2ccc(-c3ncccc3C(F)(F)F)nc2n1. The fourth-order valence-electron chi connectivity index (χ4n) is 3.57. The van der Waals surface area contributed by atoms with E-state index in [0.717, 1.165) is 18.2 Å². The molecule has 0 saturated heterocycles. The highest BCUT2D eigenvalue weighted by atomic mass is 19.4. The maximum absolute atomic E-state index is 13.6. The van der Waals surface area contributed by atoms with E-state index in [1.54, 1.807) is 12.1 Å². The summed E-state index contributed by atoms with van der Waals surface area (Å²) in [5, 5.41) is 6.86. The van der Waals surface area contributed by atoms with Crippen molar-refractivity contribution in [3.05, 3.63) is 77.6 Å². The van der Waals surface area contributed by atoms with E-state index in [1.807, 2.05) is 20.8 Å². The minimum absolute atomic E-state index is 0.00524. The molecule has 2 N–H and O–H groups in total. The fourth-order valence-corrected chi connectivity index (χ4v) is 3.57. The molecule has 0 spiro atoms. The Hall–Kier alpha value is -3.73. The maximum atomic E-state index is 13.6. The standard InChI is InChI=1S/C26H23F6N5/c1-24(2,3)34-14-17-13-21(35-16-8-6-15(7-9-16)25(27,28)29)18-10-11-20(37-23(18)36-17)22-19(26(30,31)32)5-4-12-33-22/h4-13,34H,14H2,1-3H3,(H,35,36,37). The summed E-state index contributed by atoms with van der Waals surface area (Å²) < 4.78 is 79.5. The van der Waals surface area contributed by atoms with Crippen LogP contribution in [0.1, 0.15) is 37.6 Å². The molecule has 0 bridgehead atoms. The molecule has 0 amide bonds. The van der Waals surface area contributed by atoms with Gasteiger partial charge in [0.15, 0.2) is 5.65 Å². The van der Waals surface area contributed by atoms with Crippen molar-refractivity contribution in [1.82, 2.24) is 20.3 Å². The van der Waals surface area contributed by atoms with Crippen molar-refractivity contribution in [2.24, 2.45) is 0 Å². The lowest BCUT2D eigenvalue weighted by atomic mass is 10.1. The van der Waals surface area contributed by atoms with Crippen LogP contribution in [0.3, 0.4) is 0 Å². The Morgan fingerprint density at radius 3 is 2.14 bits per heavy atom. The van der Waals surface area contributed by atoms with E-state index in [9.17, 15) is 26.3 Å². The number of benzene rings is 1. The first kappa shape index (κ1) is 26.3. The third-order valence-electron chi connectivity index (χ3n) is 5.37. The van der Waals surface area contributed by atoms with Crippen LogP contribution in [0.4, 0.5) is 37.7 Å². The summed E-state index contributed by atoms with van der Waals surface area (Å²) in [7, 11) is 0. The van der Waals surface area contributed by atoms with E-state index in [4.69, 9.17) is 0 Å². The molecule has 4 aromatic rings. The third kappa shape index (κ3) is 6.34. The second-order valence-corrected chi connectivity index (χ2v) is 9.43. The molecular formula is C26H23F6N5. The average molecular weight is 519 g/mol. The molecule has 0 fully saturated rings. The maximum Gasteiger partial charge on any atom is 0.418 e. The molecule has 11 heteroatoms. The minimum atomic E-state index is -4.62. The summed E-state index contributed by atoms with van der Waals surface area (Å²) >= 11 is 0.